The fourth-order valence-corrected chi connectivity index (χ4v) is 4.35. The molecule has 2 aromatic heterocycles. The highest BCUT2D eigenvalue weighted by Crippen LogP contribution is 2.47. The van der Waals surface area contributed by atoms with Crippen molar-refractivity contribution < 1.29 is 14.3 Å². The van der Waals surface area contributed by atoms with Gasteiger partial charge in [0.25, 0.3) is 0 Å². The lowest BCUT2D eigenvalue weighted by molar-refractivity contribution is -0.123. The summed E-state index contributed by atoms with van der Waals surface area (Å²) in [6, 6.07) is 15.3. The summed E-state index contributed by atoms with van der Waals surface area (Å²) < 4.78 is 7.09. The van der Waals surface area contributed by atoms with Crippen molar-refractivity contribution in [3.05, 3.63) is 66.1 Å². The quantitative estimate of drug-likeness (QED) is 0.448. The van der Waals surface area contributed by atoms with Crippen LogP contribution in [0, 0.1) is 5.92 Å². The number of carbonyl (C=O) groups is 2. The Morgan fingerprint density at radius 1 is 1.15 bits per heavy atom. The number of aromatic nitrogens is 3. The lowest BCUT2D eigenvalue weighted by atomic mass is 10.1. The van der Waals surface area contributed by atoms with Crippen LogP contribution in [0.3, 0.4) is 0 Å². The largest absolute Gasteiger partial charge is 0.443 e. The molecule has 1 fully saturated rings. The number of H-pyrrole nitrogens is 1. The normalized spacial score (nSPS) is 18.9. The summed E-state index contributed by atoms with van der Waals surface area (Å²) in [7, 11) is 0. The lowest BCUT2D eigenvalue weighted by Crippen LogP contribution is -2.28. The molecule has 33 heavy (non-hydrogen) atoms. The van der Waals surface area contributed by atoms with Gasteiger partial charge in [-0.15, -0.1) is 0 Å². The minimum absolute atomic E-state index is 0.00190. The predicted octanol–water partition coefficient (Wildman–Crippen LogP) is 5.28. The maximum Gasteiger partial charge on any atom is 0.419 e. The first-order valence-electron chi connectivity index (χ1n) is 11.3. The summed E-state index contributed by atoms with van der Waals surface area (Å²) in [5, 5.41) is 4.06. The van der Waals surface area contributed by atoms with Gasteiger partial charge in [0.15, 0.2) is 0 Å². The molecule has 1 amide bonds. The third kappa shape index (κ3) is 4.11. The Kier molecular flexibility index (Phi) is 5.00. The molecule has 0 bridgehead atoms. The first-order valence-corrected chi connectivity index (χ1v) is 11.3. The Labute approximate surface area is 192 Å². The third-order valence-electron chi connectivity index (χ3n) is 6.04. The molecule has 2 heterocycles. The van der Waals surface area contributed by atoms with Gasteiger partial charge in [-0.05, 0) is 52.3 Å². The highest BCUT2D eigenvalue weighted by molar-refractivity contribution is 5.93. The van der Waals surface area contributed by atoms with E-state index in [0.29, 0.717) is 0 Å². The molecule has 170 valence electrons. The molecule has 2 aromatic carbocycles. The zero-order chi connectivity index (χ0) is 23.3. The second-order valence-electron chi connectivity index (χ2n) is 9.77. The van der Waals surface area contributed by atoms with Gasteiger partial charge in [-0.3, -0.25) is 9.36 Å². The van der Waals surface area contributed by atoms with Gasteiger partial charge in [-0.2, -0.15) is 0 Å². The van der Waals surface area contributed by atoms with E-state index < -0.39 is 11.7 Å². The van der Waals surface area contributed by atoms with E-state index in [9.17, 15) is 9.59 Å². The molecule has 0 radical (unpaired) electrons. The zero-order valence-corrected chi connectivity index (χ0v) is 19.3. The molecule has 7 heteroatoms. The lowest BCUT2D eigenvalue weighted by Gasteiger charge is -2.19. The molecule has 0 spiro atoms. The monoisotopic (exact) mass is 444 g/mol. The van der Waals surface area contributed by atoms with Gasteiger partial charge in [0.1, 0.15) is 11.4 Å². The maximum atomic E-state index is 13.0. The van der Waals surface area contributed by atoms with Crippen molar-refractivity contribution in [1.29, 1.82) is 0 Å². The summed E-state index contributed by atoms with van der Waals surface area (Å²) in [6.07, 6.45) is 2.11. The van der Waals surface area contributed by atoms with Gasteiger partial charge >= 0.3 is 6.09 Å². The van der Waals surface area contributed by atoms with Gasteiger partial charge in [0.05, 0.1) is 22.6 Å². The number of rotatable bonds is 4. The minimum atomic E-state index is -0.597. The van der Waals surface area contributed by atoms with Gasteiger partial charge in [-0.1, -0.05) is 30.3 Å². The maximum absolute atomic E-state index is 13.0. The van der Waals surface area contributed by atoms with Crippen molar-refractivity contribution in [3.8, 4) is 0 Å². The number of amides is 1. The van der Waals surface area contributed by atoms with E-state index in [2.05, 4.69) is 15.3 Å². The van der Waals surface area contributed by atoms with Crippen LogP contribution >= 0.6 is 0 Å². The van der Waals surface area contributed by atoms with E-state index in [1.54, 1.807) is 6.20 Å². The number of nitrogens with zero attached hydrogens (tertiary/aromatic N) is 2. The molecule has 1 unspecified atom stereocenters. The molecule has 4 aromatic rings. The number of fused-ring (bicyclic) bond motifs is 2. The van der Waals surface area contributed by atoms with E-state index in [0.717, 1.165) is 39.7 Å². The first kappa shape index (κ1) is 21.2. The Balaban J connectivity index is 1.33. The second kappa shape index (κ2) is 7.76. The molecule has 5 rings (SSSR count). The van der Waals surface area contributed by atoms with Crippen LogP contribution in [-0.4, -0.2) is 32.1 Å². The molecule has 0 saturated heterocycles. The summed E-state index contributed by atoms with van der Waals surface area (Å²) in [5.41, 5.74) is 2.95. The van der Waals surface area contributed by atoms with E-state index in [1.807, 2.05) is 76.2 Å². The summed E-state index contributed by atoms with van der Waals surface area (Å²) >= 11 is 0. The number of imidazole rings is 1. The van der Waals surface area contributed by atoms with Crippen molar-refractivity contribution in [2.45, 2.75) is 51.7 Å². The molecular formula is C26H28N4O3. The van der Waals surface area contributed by atoms with Crippen LogP contribution in [0.4, 0.5) is 4.79 Å². The van der Waals surface area contributed by atoms with E-state index in [-0.39, 0.29) is 23.8 Å². The number of para-hydroxylation sites is 3. The van der Waals surface area contributed by atoms with Crippen molar-refractivity contribution in [1.82, 2.24) is 19.9 Å². The highest BCUT2D eigenvalue weighted by Gasteiger charge is 2.46. The molecule has 0 aliphatic heterocycles. The molecule has 7 nitrogen and oxygen atoms in total. The van der Waals surface area contributed by atoms with Gasteiger partial charge in [0.2, 0.25) is 5.91 Å². The van der Waals surface area contributed by atoms with Crippen LogP contribution in [-0.2, 0) is 9.53 Å². The minimum Gasteiger partial charge on any atom is -0.443 e. The fraction of sp³-hybridized carbons (Fsp3) is 0.346. The average Bonchev–Trinajstić information content (AvgIpc) is 3.29. The van der Waals surface area contributed by atoms with Crippen LogP contribution in [0.25, 0.3) is 21.9 Å². The predicted molar refractivity (Wildman–Crippen MR) is 127 cm³/mol. The Morgan fingerprint density at radius 2 is 1.88 bits per heavy atom. The number of nitrogens with one attached hydrogen (secondary N) is 2. The van der Waals surface area contributed by atoms with Crippen molar-refractivity contribution in [3.63, 3.8) is 0 Å². The summed E-state index contributed by atoms with van der Waals surface area (Å²) in [4.78, 5) is 33.8. The van der Waals surface area contributed by atoms with Crippen LogP contribution in [0.1, 0.15) is 57.5 Å². The molecule has 1 aliphatic carbocycles. The number of ether oxygens (including phenoxy) is 1. The average molecular weight is 445 g/mol. The number of hydrogen-bond donors (Lipinski definition) is 2. The van der Waals surface area contributed by atoms with E-state index in [4.69, 9.17) is 4.74 Å². The standard InChI is InChI=1S/C26H28N4O3/c1-15(19-14-30(25(32)33-26(2,3)4)22-12-8-5-9-16(19)22)27-24(31)18-13-17(18)23-28-20-10-6-7-11-21(20)29-23/h5-12,14-15,17-18H,13H2,1-4H3,(H,27,31)(H,28,29)/t15?,17-,18-/m1/s1. The Hall–Kier alpha value is -3.61. The van der Waals surface area contributed by atoms with Crippen LogP contribution in [0.15, 0.2) is 54.7 Å². The summed E-state index contributed by atoms with van der Waals surface area (Å²) in [5.74, 6) is 0.868. The number of benzene rings is 2. The SMILES string of the molecule is CC(NC(=O)[C@@H]1C[C@H]1c1nc2ccccc2[nH]1)c1cn(C(=O)OC(C)(C)C)c2ccccc12. The van der Waals surface area contributed by atoms with Crippen LogP contribution in [0.2, 0.25) is 0 Å². The van der Waals surface area contributed by atoms with Gasteiger partial charge < -0.3 is 15.0 Å². The van der Waals surface area contributed by atoms with Crippen molar-refractivity contribution in [2.75, 3.05) is 0 Å². The van der Waals surface area contributed by atoms with E-state index >= 15 is 0 Å². The third-order valence-corrected chi connectivity index (χ3v) is 6.04. The molecule has 1 saturated carbocycles. The smallest absolute Gasteiger partial charge is 0.419 e. The van der Waals surface area contributed by atoms with Crippen molar-refractivity contribution >= 4 is 33.9 Å². The molecule has 3 atom stereocenters. The van der Waals surface area contributed by atoms with E-state index in [1.165, 1.54) is 4.57 Å². The summed E-state index contributed by atoms with van der Waals surface area (Å²) in [6.45, 7) is 7.47. The Bertz CT molecular complexity index is 1330. The zero-order valence-electron chi connectivity index (χ0n) is 19.3. The van der Waals surface area contributed by atoms with Crippen molar-refractivity contribution in [2.24, 2.45) is 5.92 Å². The van der Waals surface area contributed by atoms with Crippen LogP contribution in [0.5, 0.6) is 0 Å². The number of aromatic amines is 1. The van der Waals surface area contributed by atoms with Gasteiger partial charge in [-0.25, -0.2) is 9.78 Å². The number of carbonyl (C=O) groups excluding carboxylic acids is 2. The fourth-order valence-electron chi connectivity index (χ4n) is 4.35. The Morgan fingerprint density at radius 3 is 2.64 bits per heavy atom. The topological polar surface area (TPSA) is 89.0 Å². The van der Waals surface area contributed by atoms with Gasteiger partial charge in [0, 0.05) is 29.0 Å². The molecule has 1 aliphatic rings. The molecular weight excluding hydrogens is 416 g/mol. The van der Waals surface area contributed by atoms with Crippen LogP contribution < -0.4 is 5.32 Å². The second-order valence-corrected chi connectivity index (χ2v) is 9.77. The molecule has 2 N–H and O–H groups in total. The number of hydrogen-bond acceptors (Lipinski definition) is 4. The first-order chi connectivity index (χ1) is 15.7. The highest BCUT2D eigenvalue weighted by atomic mass is 16.6.